The lowest BCUT2D eigenvalue weighted by Crippen LogP contribution is -2.39. The number of amides is 1. The Bertz CT molecular complexity index is 786. The molecule has 1 heterocycles. The number of carbonyl (C=O) groups excluding carboxylic acids is 3. The van der Waals surface area contributed by atoms with Crippen molar-refractivity contribution in [3.8, 4) is 0 Å². The van der Waals surface area contributed by atoms with Crippen molar-refractivity contribution < 1.29 is 28.6 Å². The fraction of sp³-hybridized carbons (Fsp3) is 0.450. The van der Waals surface area contributed by atoms with Crippen molar-refractivity contribution in [1.29, 1.82) is 0 Å². The van der Waals surface area contributed by atoms with Crippen LogP contribution in [0.4, 0.5) is 10.5 Å². The predicted molar refractivity (Wildman–Crippen MR) is 96.9 cm³/mol. The van der Waals surface area contributed by atoms with E-state index in [2.05, 4.69) is 12.2 Å². The highest BCUT2D eigenvalue weighted by molar-refractivity contribution is 5.96. The van der Waals surface area contributed by atoms with Gasteiger partial charge in [-0.25, -0.2) is 9.59 Å². The van der Waals surface area contributed by atoms with Crippen molar-refractivity contribution in [2.24, 2.45) is 17.8 Å². The molecule has 144 valence electrons. The van der Waals surface area contributed by atoms with E-state index in [0.717, 1.165) is 12.8 Å². The zero-order valence-corrected chi connectivity index (χ0v) is 15.6. The number of esters is 1. The summed E-state index contributed by atoms with van der Waals surface area (Å²) in [6.45, 7) is 3.51. The highest BCUT2D eigenvalue weighted by Crippen LogP contribution is 2.46. The number of Topliss-reactive ketones (excluding diaryl/α,β-unsaturated/α-hetero) is 1. The monoisotopic (exact) mass is 373 g/mol. The van der Waals surface area contributed by atoms with Crippen LogP contribution in [0, 0.1) is 17.8 Å². The maximum Gasteiger partial charge on any atom is 0.414 e. The van der Waals surface area contributed by atoms with Gasteiger partial charge in [0.1, 0.15) is 0 Å². The zero-order valence-electron chi connectivity index (χ0n) is 15.6. The third-order valence-electron chi connectivity index (χ3n) is 5.26. The summed E-state index contributed by atoms with van der Waals surface area (Å²) in [5.74, 6) is -0.436. The smallest absolute Gasteiger partial charge is 0.414 e. The maximum absolute atomic E-state index is 12.3. The largest absolute Gasteiger partial charge is 0.466 e. The van der Waals surface area contributed by atoms with Crippen molar-refractivity contribution >= 4 is 23.5 Å². The molecule has 27 heavy (non-hydrogen) atoms. The lowest BCUT2D eigenvalue weighted by atomic mass is 9.83. The molecule has 4 unspecified atom stereocenters. The summed E-state index contributed by atoms with van der Waals surface area (Å²) >= 11 is 0. The second-order valence-electron chi connectivity index (χ2n) is 6.98. The molecule has 1 fully saturated rings. The van der Waals surface area contributed by atoms with Crippen molar-refractivity contribution in [2.75, 3.05) is 12.4 Å². The minimum Gasteiger partial charge on any atom is -0.466 e. The molecule has 1 aromatic rings. The number of fused-ring (bicyclic) bond motifs is 1. The minimum atomic E-state index is -0.781. The number of methoxy groups -OCH3 is 1. The third-order valence-corrected chi connectivity index (χ3v) is 5.26. The summed E-state index contributed by atoms with van der Waals surface area (Å²) in [6.07, 6.45) is 1.62. The highest BCUT2D eigenvalue weighted by atomic mass is 16.7. The van der Waals surface area contributed by atoms with Gasteiger partial charge in [0.05, 0.1) is 18.9 Å². The number of ketones is 1. The van der Waals surface area contributed by atoms with Gasteiger partial charge in [-0.3, -0.25) is 10.1 Å². The Morgan fingerprint density at radius 3 is 2.70 bits per heavy atom. The second-order valence-corrected chi connectivity index (χ2v) is 6.98. The molecule has 1 aliphatic carbocycles. The molecule has 1 saturated carbocycles. The van der Waals surface area contributed by atoms with Gasteiger partial charge in [-0.15, -0.1) is 0 Å². The number of nitrogens with one attached hydrogen (secondary N) is 1. The van der Waals surface area contributed by atoms with Gasteiger partial charge in [-0.1, -0.05) is 19.1 Å². The highest BCUT2D eigenvalue weighted by Gasteiger charge is 2.48. The Morgan fingerprint density at radius 1 is 1.22 bits per heavy atom. The molecule has 4 atom stereocenters. The molecule has 0 radical (unpaired) electrons. The minimum absolute atomic E-state index is 0.0555. The summed E-state index contributed by atoms with van der Waals surface area (Å²) in [5, 5.41) is 2.62. The first-order valence-electron chi connectivity index (χ1n) is 8.93. The van der Waals surface area contributed by atoms with Crippen LogP contribution < -0.4 is 5.32 Å². The van der Waals surface area contributed by atoms with Gasteiger partial charge in [0.25, 0.3) is 0 Å². The average Bonchev–Trinajstić information content (AvgIpc) is 3.04. The summed E-state index contributed by atoms with van der Waals surface area (Å²) in [7, 11) is 1.34. The number of carbonyl (C=O) groups is 3. The number of anilines is 1. The van der Waals surface area contributed by atoms with E-state index < -0.39 is 18.4 Å². The molecule has 1 amide bonds. The average molecular weight is 373 g/mol. The van der Waals surface area contributed by atoms with Crippen LogP contribution in [0.1, 0.15) is 37.0 Å². The molecule has 1 aliphatic heterocycles. The van der Waals surface area contributed by atoms with E-state index in [1.54, 1.807) is 24.3 Å². The SMILES string of the molecule is COC(=O)C1=COC(OC(=O)Nc2cccc(C(C)=O)c2)C2C(C)CCC12. The van der Waals surface area contributed by atoms with Gasteiger partial charge in [-0.05, 0) is 37.8 Å². The molecule has 0 saturated heterocycles. The van der Waals surface area contributed by atoms with Gasteiger partial charge >= 0.3 is 12.1 Å². The molecule has 1 N–H and O–H groups in total. The van der Waals surface area contributed by atoms with E-state index in [1.807, 2.05) is 0 Å². The van der Waals surface area contributed by atoms with Crippen molar-refractivity contribution in [1.82, 2.24) is 0 Å². The number of hydrogen-bond acceptors (Lipinski definition) is 6. The summed E-state index contributed by atoms with van der Waals surface area (Å²) in [5.41, 5.74) is 1.45. The Hall–Kier alpha value is -2.83. The van der Waals surface area contributed by atoms with E-state index in [-0.39, 0.29) is 23.5 Å². The standard InChI is InChI=1S/C20H23NO6/c1-11-7-8-15-16(18(23)25-3)10-26-19(17(11)15)27-20(24)21-14-6-4-5-13(9-14)12(2)22/h4-6,9-11,15,17,19H,7-8H2,1-3H3,(H,21,24). The van der Waals surface area contributed by atoms with E-state index in [9.17, 15) is 14.4 Å². The van der Waals surface area contributed by atoms with Crippen LogP contribution in [0.3, 0.4) is 0 Å². The second kappa shape index (κ2) is 7.82. The van der Waals surface area contributed by atoms with Crippen molar-refractivity contribution in [2.45, 2.75) is 33.0 Å². The first-order chi connectivity index (χ1) is 12.9. The Labute approximate surface area is 157 Å². The Morgan fingerprint density at radius 2 is 2.00 bits per heavy atom. The van der Waals surface area contributed by atoms with Crippen LogP contribution in [-0.2, 0) is 19.0 Å². The normalized spacial score (nSPS) is 26.3. The topological polar surface area (TPSA) is 90.9 Å². The first-order valence-corrected chi connectivity index (χ1v) is 8.93. The van der Waals surface area contributed by atoms with Crippen LogP contribution in [0.2, 0.25) is 0 Å². The Kier molecular flexibility index (Phi) is 5.48. The van der Waals surface area contributed by atoms with Crippen LogP contribution in [0.25, 0.3) is 0 Å². The zero-order chi connectivity index (χ0) is 19.6. The van der Waals surface area contributed by atoms with Crippen LogP contribution in [0.15, 0.2) is 36.1 Å². The number of rotatable bonds is 4. The van der Waals surface area contributed by atoms with Gasteiger partial charge in [0.15, 0.2) is 5.78 Å². The third kappa shape index (κ3) is 3.97. The molecule has 7 heteroatoms. The van der Waals surface area contributed by atoms with Gasteiger partial charge in [0, 0.05) is 23.1 Å². The molecule has 0 aromatic heterocycles. The molecule has 2 aliphatic rings. The number of benzene rings is 1. The number of ether oxygens (including phenoxy) is 3. The molecule has 7 nitrogen and oxygen atoms in total. The quantitative estimate of drug-likeness (QED) is 0.641. The lowest BCUT2D eigenvalue weighted by Gasteiger charge is -2.34. The predicted octanol–water partition coefficient (Wildman–Crippen LogP) is 3.51. The van der Waals surface area contributed by atoms with E-state index in [0.29, 0.717) is 16.8 Å². The van der Waals surface area contributed by atoms with Crippen molar-refractivity contribution in [3.63, 3.8) is 0 Å². The molecular formula is C20H23NO6. The maximum atomic E-state index is 12.3. The van der Waals surface area contributed by atoms with E-state index in [1.165, 1.54) is 20.3 Å². The summed E-state index contributed by atoms with van der Waals surface area (Å²) in [4.78, 5) is 35.7. The fourth-order valence-corrected chi connectivity index (χ4v) is 3.86. The molecule has 0 bridgehead atoms. The molecular weight excluding hydrogens is 350 g/mol. The first kappa shape index (κ1) is 18.9. The molecule has 3 rings (SSSR count). The molecule has 0 spiro atoms. The fourth-order valence-electron chi connectivity index (χ4n) is 3.86. The van der Waals surface area contributed by atoms with Crippen LogP contribution >= 0.6 is 0 Å². The van der Waals surface area contributed by atoms with Gasteiger partial charge in [-0.2, -0.15) is 0 Å². The van der Waals surface area contributed by atoms with Gasteiger partial charge < -0.3 is 14.2 Å². The summed E-state index contributed by atoms with van der Waals surface area (Å²) < 4.78 is 15.9. The van der Waals surface area contributed by atoms with Crippen LogP contribution in [0.5, 0.6) is 0 Å². The summed E-state index contributed by atoms with van der Waals surface area (Å²) in [6, 6.07) is 6.62. The van der Waals surface area contributed by atoms with Crippen LogP contribution in [-0.4, -0.2) is 31.2 Å². The van der Waals surface area contributed by atoms with Gasteiger partial charge in [0.2, 0.25) is 6.29 Å². The van der Waals surface area contributed by atoms with Crippen molar-refractivity contribution in [3.05, 3.63) is 41.7 Å². The van der Waals surface area contributed by atoms with E-state index in [4.69, 9.17) is 14.2 Å². The Balaban J connectivity index is 1.70. The van der Waals surface area contributed by atoms with E-state index >= 15 is 0 Å². The molecule has 1 aromatic carbocycles. The lowest BCUT2D eigenvalue weighted by molar-refractivity contribution is -0.144. The number of hydrogen-bond donors (Lipinski definition) is 1.